The second kappa shape index (κ2) is 4.65. The standard InChI is InChI=1S/C12H11N5O3/c1-19-8-4-3-7(5-9(8)20-2)17-11-10(15-16-17)12(18)14-6-13-11/h3-6H,1-2H3,(H,13,14,18). The van der Waals surface area contributed by atoms with Crippen molar-refractivity contribution in [2.75, 3.05) is 14.2 Å². The first-order chi connectivity index (χ1) is 9.74. The maximum Gasteiger partial charge on any atom is 0.280 e. The molecule has 0 aliphatic carbocycles. The van der Waals surface area contributed by atoms with E-state index in [-0.39, 0.29) is 11.1 Å². The van der Waals surface area contributed by atoms with E-state index in [0.717, 1.165) is 0 Å². The number of rotatable bonds is 3. The molecule has 20 heavy (non-hydrogen) atoms. The zero-order valence-electron chi connectivity index (χ0n) is 10.8. The van der Waals surface area contributed by atoms with Crippen LogP contribution in [-0.4, -0.2) is 39.2 Å². The van der Waals surface area contributed by atoms with E-state index in [1.54, 1.807) is 32.4 Å². The zero-order valence-corrected chi connectivity index (χ0v) is 10.8. The monoisotopic (exact) mass is 273 g/mol. The minimum Gasteiger partial charge on any atom is -0.493 e. The van der Waals surface area contributed by atoms with Crippen LogP contribution in [-0.2, 0) is 0 Å². The molecule has 3 rings (SSSR count). The van der Waals surface area contributed by atoms with Gasteiger partial charge in [-0.3, -0.25) is 4.79 Å². The van der Waals surface area contributed by atoms with E-state index in [2.05, 4.69) is 20.3 Å². The molecule has 0 saturated carbocycles. The van der Waals surface area contributed by atoms with Crippen molar-refractivity contribution in [1.82, 2.24) is 25.0 Å². The molecule has 0 spiro atoms. The van der Waals surface area contributed by atoms with Crippen LogP contribution in [0.1, 0.15) is 0 Å². The number of nitrogens with one attached hydrogen (secondary N) is 1. The Hall–Kier alpha value is -2.90. The summed E-state index contributed by atoms with van der Waals surface area (Å²) in [7, 11) is 3.10. The lowest BCUT2D eigenvalue weighted by Crippen LogP contribution is -2.07. The van der Waals surface area contributed by atoms with Crippen LogP contribution < -0.4 is 15.0 Å². The lowest BCUT2D eigenvalue weighted by Gasteiger charge is -2.09. The van der Waals surface area contributed by atoms with Gasteiger partial charge in [0.05, 0.1) is 26.2 Å². The van der Waals surface area contributed by atoms with Gasteiger partial charge in [-0.2, -0.15) is 4.68 Å². The summed E-state index contributed by atoms with van der Waals surface area (Å²) in [6.45, 7) is 0. The number of aromatic nitrogens is 5. The number of fused-ring (bicyclic) bond motifs is 1. The minimum atomic E-state index is -0.332. The number of nitrogens with zero attached hydrogens (tertiary/aromatic N) is 4. The molecular formula is C12H11N5O3. The van der Waals surface area contributed by atoms with E-state index >= 15 is 0 Å². The van der Waals surface area contributed by atoms with E-state index in [4.69, 9.17) is 9.47 Å². The molecule has 0 saturated heterocycles. The predicted molar refractivity (Wildman–Crippen MR) is 70.4 cm³/mol. The Morgan fingerprint density at radius 3 is 2.75 bits per heavy atom. The number of ether oxygens (including phenoxy) is 2. The number of benzene rings is 1. The van der Waals surface area contributed by atoms with Gasteiger partial charge in [0.15, 0.2) is 22.7 Å². The second-order valence-electron chi connectivity index (χ2n) is 3.94. The largest absolute Gasteiger partial charge is 0.493 e. The Morgan fingerprint density at radius 2 is 2.00 bits per heavy atom. The van der Waals surface area contributed by atoms with Gasteiger partial charge < -0.3 is 14.5 Å². The first-order valence-electron chi connectivity index (χ1n) is 5.76. The summed E-state index contributed by atoms with van der Waals surface area (Å²) in [5.41, 5.74) is 0.897. The van der Waals surface area contributed by atoms with E-state index in [9.17, 15) is 4.79 Å². The van der Waals surface area contributed by atoms with Gasteiger partial charge in [0.1, 0.15) is 0 Å². The second-order valence-corrected chi connectivity index (χ2v) is 3.94. The Balaban J connectivity index is 2.21. The lowest BCUT2D eigenvalue weighted by atomic mass is 10.2. The van der Waals surface area contributed by atoms with Crippen LogP contribution in [0.4, 0.5) is 0 Å². The van der Waals surface area contributed by atoms with Crippen molar-refractivity contribution in [2.45, 2.75) is 0 Å². The van der Waals surface area contributed by atoms with Gasteiger partial charge in [0.2, 0.25) is 0 Å². The highest BCUT2D eigenvalue weighted by Crippen LogP contribution is 2.29. The summed E-state index contributed by atoms with van der Waals surface area (Å²) in [6, 6.07) is 5.25. The van der Waals surface area contributed by atoms with Crippen molar-refractivity contribution < 1.29 is 9.47 Å². The number of hydrogen-bond donors (Lipinski definition) is 1. The maximum atomic E-state index is 11.6. The molecule has 2 heterocycles. The molecule has 0 aliphatic rings. The summed E-state index contributed by atoms with van der Waals surface area (Å²) in [5.74, 6) is 1.16. The van der Waals surface area contributed by atoms with Crippen LogP contribution in [0, 0.1) is 0 Å². The predicted octanol–water partition coefficient (Wildman–Crippen LogP) is 0.521. The van der Waals surface area contributed by atoms with Gasteiger partial charge >= 0.3 is 0 Å². The SMILES string of the molecule is COc1ccc(-n2nnc3c(=O)[nH]cnc32)cc1OC. The van der Waals surface area contributed by atoms with E-state index in [0.29, 0.717) is 22.8 Å². The third-order valence-electron chi connectivity index (χ3n) is 2.86. The summed E-state index contributed by atoms with van der Waals surface area (Å²) in [4.78, 5) is 18.1. The summed E-state index contributed by atoms with van der Waals surface area (Å²) >= 11 is 0. The van der Waals surface area contributed by atoms with Crippen LogP contribution in [0.15, 0.2) is 29.3 Å². The Labute approximate surface area is 113 Å². The first kappa shape index (κ1) is 12.2. The molecule has 102 valence electrons. The third kappa shape index (κ3) is 1.78. The van der Waals surface area contributed by atoms with Gasteiger partial charge in [-0.05, 0) is 12.1 Å². The summed E-state index contributed by atoms with van der Waals surface area (Å²) in [5, 5.41) is 7.77. The third-order valence-corrected chi connectivity index (χ3v) is 2.86. The normalized spacial score (nSPS) is 10.7. The average Bonchev–Trinajstić information content (AvgIpc) is 2.92. The van der Waals surface area contributed by atoms with Crippen LogP contribution >= 0.6 is 0 Å². The average molecular weight is 273 g/mol. The molecule has 0 fully saturated rings. The van der Waals surface area contributed by atoms with E-state index in [1.807, 2.05) is 0 Å². The molecule has 0 amide bonds. The lowest BCUT2D eigenvalue weighted by molar-refractivity contribution is 0.355. The van der Waals surface area contributed by atoms with Crippen molar-refractivity contribution in [1.29, 1.82) is 0 Å². The van der Waals surface area contributed by atoms with Gasteiger partial charge in [-0.25, -0.2) is 4.98 Å². The molecule has 0 bridgehead atoms. The minimum absolute atomic E-state index is 0.183. The highest BCUT2D eigenvalue weighted by Gasteiger charge is 2.12. The smallest absolute Gasteiger partial charge is 0.280 e. The Morgan fingerprint density at radius 1 is 1.20 bits per heavy atom. The number of aromatic amines is 1. The van der Waals surface area contributed by atoms with Gasteiger partial charge in [-0.15, -0.1) is 5.10 Å². The van der Waals surface area contributed by atoms with Gasteiger partial charge in [-0.1, -0.05) is 5.21 Å². The molecule has 0 aliphatic heterocycles. The van der Waals surface area contributed by atoms with Crippen LogP contribution in [0.2, 0.25) is 0 Å². The number of hydrogen-bond acceptors (Lipinski definition) is 6. The molecule has 0 radical (unpaired) electrons. The fourth-order valence-electron chi connectivity index (χ4n) is 1.89. The van der Waals surface area contributed by atoms with Gasteiger partial charge in [0.25, 0.3) is 5.56 Å². The quantitative estimate of drug-likeness (QED) is 0.747. The molecule has 8 nitrogen and oxygen atoms in total. The maximum absolute atomic E-state index is 11.6. The molecule has 1 N–H and O–H groups in total. The molecule has 8 heteroatoms. The Kier molecular flexibility index (Phi) is 2.82. The summed E-state index contributed by atoms with van der Waals surface area (Å²) < 4.78 is 11.9. The molecule has 3 aromatic rings. The molecule has 1 aromatic carbocycles. The van der Waals surface area contributed by atoms with E-state index in [1.165, 1.54) is 11.0 Å². The molecular weight excluding hydrogens is 262 g/mol. The highest BCUT2D eigenvalue weighted by atomic mass is 16.5. The topological polar surface area (TPSA) is 94.9 Å². The Bertz CT molecular complexity index is 823. The molecule has 2 aromatic heterocycles. The zero-order chi connectivity index (χ0) is 14.1. The van der Waals surface area contributed by atoms with Crippen molar-refractivity contribution >= 4 is 11.2 Å². The molecule has 0 unspecified atom stereocenters. The fraction of sp³-hybridized carbons (Fsp3) is 0.167. The van der Waals surface area contributed by atoms with Crippen molar-refractivity contribution in [3.63, 3.8) is 0 Å². The van der Waals surface area contributed by atoms with Crippen LogP contribution in [0.5, 0.6) is 11.5 Å². The van der Waals surface area contributed by atoms with Crippen LogP contribution in [0.25, 0.3) is 16.9 Å². The van der Waals surface area contributed by atoms with Crippen molar-refractivity contribution in [2.24, 2.45) is 0 Å². The number of H-pyrrole nitrogens is 1. The summed E-state index contributed by atoms with van der Waals surface area (Å²) in [6.07, 6.45) is 1.31. The van der Waals surface area contributed by atoms with Crippen molar-refractivity contribution in [3.8, 4) is 17.2 Å². The van der Waals surface area contributed by atoms with Crippen molar-refractivity contribution in [3.05, 3.63) is 34.9 Å². The fourth-order valence-corrected chi connectivity index (χ4v) is 1.89. The molecule has 0 atom stereocenters. The van der Waals surface area contributed by atoms with Crippen LogP contribution in [0.3, 0.4) is 0 Å². The number of methoxy groups -OCH3 is 2. The first-order valence-corrected chi connectivity index (χ1v) is 5.76. The van der Waals surface area contributed by atoms with E-state index < -0.39 is 0 Å². The highest BCUT2D eigenvalue weighted by molar-refractivity contribution is 5.70. The van der Waals surface area contributed by atoms with Gasteiger partial charge in [0, 0.05) is 6.07 Å².